The maximum Gasteiger partial charge on any atom is 0.325 e. The average molecular weight is 294 g/mol. The largest absolute Gasteiger partial charge is 0.466 e. The molecule has 0 atom stereocenters. The van der Waals surface area contributed by atoms with E-state index in [0.717, 1.165) is 38.5 Å². The van der Waals surface area contributed by atoms with Gasteiger partial charge in [0.2, 0.25) is 0 Å². The molecule has 0 heterocycles. The van der Waals surface area contributed by atoms with E-state index in [-0.39, 0.29) is 12.1 Å². The lowest BCUT2D eigenvalue weighted by Gasteiger charge is -2.04. The Morgan fingerprint density at radius 2 is 1.32 bits per heavy atom. The van der Waals surface area contributed by atoms with Gasteiger partial charge in [-0.3, -0.25) is 9.36 Å². The van der Waals surface area contributed by atoms with E-state index in [9.17, 15) is 9.36 Å². The van der Waals surface area contributed by atoms with Gasteiger partial charge in [-0.2, -0.15) is 0 Å². The molecule has 0 bridgehead atoms. The summed E-state index contributed by atoms with van der Waals surface area (Å²) in [6.07, 6.45) is 9.24. The first-order valence-electron chi connectivity index (χ1n) is 7.10. The normalized spacial score (nSPS) is 11.5. The second-order valence-electron chi connectivity index (χ2n) is 4.91. The van der Waals surface area contributed by atoms with Crippen LogP contribution in [0.2, 0.25) is 0 Å². The fraction of sp³-hybridized carbons (Fsp3) is 0.923. The Balaban J connectivity index is 3.07. The zero-order chi connectivity index (χ0) is 14.6. The molecule has 0 aromatic heterocycles. The summed E-state index contributed by atoms with van der Waals surface area (Å²) >= 11 is 0. The van der Waals surface area contributed by atoms with Crippen molar-refractivity contribution >= 4 is 13.6 Å². The smallest absolute Gasteiger partial charge is 0.325 e. The molecule has 0 spiro atoms. The number of ether oxygens (including phenoxy) is 1. The molecular weight excluding hydrogens is 267 g/mol. The maximum atomic E-state index is 10.6. The average Bonchev–Trinajstić information content (AvgIpc) is 2.28. The molecule has 0 saturated heterocycles. The lowest BCUT2D eigenvalue weighted by Crippen LogP contribution is -2.00. The van der Waals surface area contributed by atoms with Gasteiger partial charge in [0.25, 0.3) is 0 Å². The zero-order valence-corrected chi connectivity index (χ0v) is 12.7. The van der Waals surface area contributed by atoms with Crippen molar-refractivity contribution in [3.63, 3.8) is 0 Å². The number of hydrogen-bond acceptors (Lipinski definition) is 3. The van der Waals surface area contributed by atoms with Crippen molar-refractivity contribution in [2.75, 3.05) is 12.8 Å². The molecule has 0 aliphatic rings. The number of carbonyl (C=O) groups is 1. The van der Waals surface area contributed by atoms with E-state index in [1.165, 1.54) is 19.8 Å². The number of esters is 1. The highest BCUT2D eigenvalue weighted by molar-refractivity contribution is 7.51. The van der Waals surface area contributed by atoms with Gasteiger partial charge < -0.3 is 14.5 Å². The predicted octanol–water partition coefficient (Wildman–Crippen LogP) is 3.24. The Hall–Kier alpha value is -0.380. The highest BCUT2D eigenvalue weighted by Crippen LogP contribution is 2.35. The molecule has 114 valence electrons. The van der Waals surface area contributed by atoms with Gasteiger partial charge in [0, 0.05) is 13.1 Å². The third-order valence-electron chi connectivity index (χ3n) is 2.90. The van der Waals surface area contributed by atoms with Crippen LogP contribution in [0.5, 0.6) is 0 Å². The van der Waals surface area contributed by atoms with Crippen molar-refractivity contribution in [2.24, 2.45) is 0 Å². The number of carbonyl (C=O) groups excluding carboxylic acids is 1. The summed E-state index contributed by atoms with van der Waals surface area (Å²) in [5, 5.41) is 0. The van der Waals surface area contributed by atoms with Crippen molar-refractivity contribution in [1.82, 2.24) is 0 Å². The minimum absolute atomic E-state index is 0.0170. The maximum absolute atomic E-state index is 10.6. The van der Waals surface area contributed by atoms with Crippen LogP contribution in [0.3, 0.4) is 0 Å². The highest BCUT2D eigenvalue weighted by Gasteiger charge is 2.10. The molecule has 0 aromatic rings. The van der Waals surface area contributed by atoms with Crippen LogP contribution < -0.4 is 0 Å². The first kappa shape index (κ1) is 18.6. The number of unbranched alkanes of at least 4 members (excludes halogenated alkanes) is 8. The zero-order valence-electron chi connectivity index (χ0n) is 11.8. The minimum atomic E-state index is -3.79. The lowest BCUT2D eigenvalue weighted by molar-refractivity contribution is -0.141. The van der Waals surface area contributed by atoms with Crippen molar-refractivity contribution < 1.29 is 23.9 Å². The molecule has 0 amide bonds. The molecule has 0 saturated carbocycles. The predicted molar refractivity (Wildman–Crippen MR) is 75.1 cm³/mol. The minimum Gasteiger partial charge on any atom is -0.466 e. The fourth-order valence-electron chi connectivity index (χ4n) is 1.87. The molecule has 0 aliphatic carbocycles. The van der Waals surface area contributed by atoms with E-state index >= 15 is 0 Å². The molecule has 0 unspecified atom stereocenters. The highest BCUT2D eigenvalue weighted by atomic mass is 31.2. The van der Waals surface area contributed by atoms with Crippen molar-refractivity contribution in [3.05, 3.63) is 0 Å². The van der Waals surface area contributed by atoms with Crippen LogP contribution in [-0.2, 0) is 14.1 Å². The van der Waals surface area contributed by atoms with Crippen molar-refractivity contribution in [1.29, 1.82) is 0 Å². The molecule has 0 aromatic carbocycles. The third kappa shape index (κ3) is 17.6. The van der Waals surface area contributed by atoms with E-state index in [1.807, 2.05) is 0 Å². The van der Waals surface area contributed by atoms with Crippen LogP contribution in [-0.4, -0.2) is 28.5 Å². The molecule has 0 radical (unpaired) electrons. The summed E-state index contributed by atoms with van der Waals surface area (Å²) in [6, 6.07) is 0. The van der Waals surface area contributed by atoms with Gasteiger partial charge >= 0.3 is 13.6 Å². The van der Waals surface area contributed by atoms with Gasteiger partial charge in [-0.05, 0) is 12.8 Å². The fourth-order valence-corrected chi connectivity index (χ4v) is 2.51. The van der Waals surface area contributed by atoms with Crippen LogP contribution in [0, 0.1) is 0 Å². The second kappa shape index (κ2) is 11.4. The summed E-state index contributed by atoms with van der Waals surface area (Å²) in [7, 11) is -3.79. The summed E-state index contributed by atoms with van der Waals surface area (Å²) in [4.78, 5) is 27.8. The Kier molecular flexibility index (Phi) is 11.2. The summed E-state index contributed by atoms with van der Waals surface area (Å²) in [6.45, 7) is 1.95. The van der Waals surface area contributed by atoms with Gasteiger partial charge in [-0.25, -0.2) is 0 Å². The second-order valence-corrected chi connectivity index (χ2v) is 6.69. The molecule has 0 aliphatic heterocycles. The van der Waals surface area contributed by atoms with Crippen LogP contribution in [0.1, 0.15) is 64.7 Å². The van der Waals surface area contributed by atoms with Gasteiger partial charge in [-0.1, -0.05) is 44.9 Å². The Labute approximate surface area is 115 Å². The van der Waals surface area contributed by atoms with Gasteiger partial charge in [-0.15, -0.1) is 0 Å². The first-order valence-corrected chi connectivity index (χ1v) is 8.89. The van der Waals surface area contributed by atoms with E-state index in [1.54, 1.807) is 0 Å². The van der Waals surface area contributed by atoms with Crippen LogP contribution in [0.4, 0.5) is 0 Å². The SMILES string of the molecule is CC(=O)OCCCCCCCCCCCP(=O)(O)O. The van der Waals surface area contributed by atoms with Crippen LogP contribution in [0.25, 0.3) is 0 Å². The summed E-state index contributed by atoms with van der Waals surface area (Å²) in [5.74, 6) is -0.213. The molecule has 19 heavy (non-hydrogen) atoms. The molecular formula is C13H27O5P. The lowest BCUT2D eigenvalue weighted by atomic mass is 10.1. The Morgan fingerprint density at radius 3 is 1.74 bits per heavy atom. The first-order chi connectivity index (χ1) is 8.92. The molecule has 0 fully saturated rings. The third-order valence-corrected chi connectivity index (χ3v) is 3.80. The quantitative estimate of drug-likeness (QED) is 0.328. The summed E-state index contributed by atoms with van der Waals surface area (Å²) < 4.78 is 15.4. The standard InChI is InChI=1S/C13H27O5P/c1-13(14)18-11-9-7-5-3-2-4-6-8-10-12-19(15,16)17/h2-12H2,1H3,(H2,15,16,17). The van der Waals surface area contributed by atoms with E-state index in [0.29, 0.717) is 13.0 Å². The van der Waals surface area contributed by atoms with Gasteiger partial charge in [0.15, 0.2) is 0 Å². The molecule has 0 rings (SSSR count). The summed E-state index contributed by atoms with van der Waals surface area (Å²) in [5.41, 5.74) is 0. The molecule has 5 nitrogen and oxygen atoms in total. The molecule has 2 N–H and O–H groups in total. The van der Waals surface area contributed by atoms with E-state index in [2.05, 4.69) is 0 Å². The van der Waals surface area contributed by atoms with Gasteiger partial charge in [0.05, 0.1) is 6.61 Å². The topological polar surface area (TPSA) is 83.8 Å². The number of hydrogen-bond donors (Lipinski definition) is 2. The van der Waals surface area contributed by atoms with Crippen molar-refractivity contribution in [2.45, 2.75) is 64.7 Å². The van der Waals surface area contributed by atoms with Crippen LogP contribution >= 0.6 is 7.60 Å². The number of rotatable bonds is 12. The Morgan fingerprint density at radius 1 is 0.895 bits per heavy atom. The van der Waals surface area contributed by atoms with Crippen LogP contribution in [0.15, 0.2) is 0 Å². The Bertz CT molecular complexity index is 274. The van der Waals surface area contributed by atoms with Gasteiger partial charge in [0.1, 0.15) is 0 Å². The van der Waals surface area contributed by atoms with Crippen molar-refractivity contribution in [3.8, 4) is 0 Å². The monoisotopic (exact) mass is 294 g/mol. The van der Waals surface area contributed by atoms with E-state index < -0.39 is 7.60 Å². The van der Waals surface area contributed by atoms with E-state index in [4.69, 9.17) is 14.5 Å². The molecule has 6 heteroatoms.